The molecule has 27 heavy (non-hydrogen) atoms. The van der Waals surface area contributed by atoms with Crippen LogP contribution in [0.2, 0.25) is 0 Å². The molecule has 4 rings (SSSR count). The Labute approximate surface area is 160 Å². The standard InChI is InChI=1S/C22H25N3O2/c1-17-5-2-3-6-19(17)20(26)25-13-4-9-22(16-25)10-14-24(21(22)27)15-18-7-11-23-12-8-18/h2-3,5-8,11-12H,4,9-10,13-16H2,1H3/t22-/m0/s1. The Kier molecular flexibility index (Phi) is 4.68. The molecule has 5 heteroatoms. The number of carbonyl (C=O) groups is 2. The second kappa shape index (κ2) is 7.14. The minimum Gasteiger partial charge on any atom is -0.338 e. The highest BCUT2D eigenvalue weighted by Gasteiger charge is 2.49. The van der Waals surface area contributed by atoms with Crippen LogP contribution < -0.4 is 0 Å². The molecule has 0 radical (unpaired) electrons. The summed E-state index contributed by atoms with van der Waals surface area (Å²) in [6.07, 6.45) is 6.10. The Morgan fingerprint density at radius 1 is 1.11 bits per heavy atom. The quantitative estimate of drug-likeness (QED) is 0.842. The van der Waals surface area contributed by atoms with E-state index >= 15 is 0 Å². The first kappa shape index (κ1) is 17.7. The number of benzene rings is 1. The zero-order valence-corrected chi connectivity index (χ0v) is 15.7. The molecule has 0 N–H and O–H groups in total. The first-order valence-electron chi connectivity index (χ1n) is 9.62. The van der Waals surface area contributed by atoms with Crippen molar-refractivity contribution in [3.8, 4) is 0 Å². The minimum absolute atomic E-state index is 0.0487. The molecule has 3 heterocycles. The number of nitrogens with zero attached hydrogens (tertiary/aromatic N) is 3. The molecule has 0 saturated carbocycles. The zero-order chi connectivity index (χ0) is 18.9. The van der Waals surface area contributed by atoms with Crippen LogP contribution in [-0.2, 0) is 11.3 Å². The van der Waals surface area contributed by atoms with E-state index in [2.05, 4.69) is 4.98 Å². The van der Waals surface area contributed by atoms with Gasteiger partial charge in [0.25, 0.3) is 5.91 Å². The van der Waals surface area contributed by atoms with Crippen molar-refractivity contribution in [1.82, 2.24) is 14.8 Å². The first-order valence-corrected chi connectivity index (χ1v) is 9.62. The summed E-state index contributed by atoms with van der Waals surface area (Å²) in [5, 5.41) is 0. The molecule has 0 bridgehead atoms. The molecule has 5 nitrogen and oxygen atoms in total. The Bertz CT molecular complexity index is 852. The van der Waals surface area contributed by atoms with Gasteiger partial charge in [-0.15, -0.1) is 0 Å². The molecule has 0 aliphatic carbocycles. The van der Waals surface area contributed by atoms with Gasteiger partial charge in [-0.05, 0) is 55.5 Å². The maximum atomic E-state index is 13.2. The molecule has 2 amide bonds. The summed E-state index contributed by atoms with van der Waals surface area (Å²) in [5.74, 6) is 0.245. The fourth-order valence-electron chi connectivity index (χ4n) is 4.42. The lowest BCUT2D eigenvalue weighted by Crippen LogP contribution is -2.49. The van der Waals surface area contributed by atoms with Crippen LogP contribution in [0.3, 0.4) is 0 Å². The predicted molar refractivity (Wildman–Crippen MR) is 103 cm³/mol. The van der Waals surface area contributed by atoms with Crippen molar-refractivity contribution in [2.24, 2.45) is 5.41 Å². The largest absolute Gasteiger partial charge is 0.338 e. The van der Waals surface area contributed by atoms with Crippen LogP contribution in [0.4, 0.5) is 0 Å². The maximum absolute atomic E-state index is 13.2. The van der Waals surface area contributed by atoms with Gasteiger partial charge >= 0.3 is 0 Å². The van der Waals surface area contributed by atoms with Crippen molar-refractivity contribution >= 4 is 11.8 Å². The highest BCUT2D eigenvalue weighted by atomic mass is 16.2. The third-order valence-electron chi connectivity index (χ3n) is 5.96. The van der Waals surface area contributed by atoms with Gasteiger partial charge in [0, 0.05) is 44.1 Å². The zero-order valence-electron chi connectivity index (χ0n) is 15.7. The average molecular weight is 363 g/mol. The number of aryl methyl sites for hydroxylation is 1. The van der Waals surface area contributed by atoms with Gasteiger partial charge in [0.05, 0.1) is 5.41 Å². The van der Waals surface area contributed by atoms with Crippen molar-refractivity contribution in [1.29, 1.82) is 0 Å². The lowest BCUT2D eigenvalue weighted by Gasteiger charge is -2.39. The van der Waals surface area contributed by atoms with Crippen molar-refractivity contribution in [2.45, 2.75) is 32.7 Å². The molecule has 2 aliphatic heterocycles. The topological polar surface area (TPSA) is 53.5 Å². The van der Waals surface area contributed by atoms with Gasteiger partial charge in [-0.2, -0.15) is 0 Å². The summed E-state index contributed by atoms with van der Waals surface area (Å²) in [6.45, 7) is 4.60. The highest BCUT2D eigenvalue weighted by molar-refractivity contribution is 5.96. The van der Waals surface area contributed by atoms with E-state index in [9.17, 15) is 9.59 Å². The average Bonchev–Trinajstić information content (AvgIpc) is 2.98. The van der Waals surface area contributed by atoms with Crippen LogP contribution in [0.1, 0.15) is 40.7 Å². The van der Waals surface area contributed by atoms with Gasteiger partial charge in [0.2, 0.25) is 5.91 Å². The second-order valence-corrected chi connectivity index (χ2v) is 7.76. The van der Waals surface area contributed by atoms with E-state index in [1.807, 2.05) is 53.1 Å². The fourth-order valence-corrected chi connectivity index (χ4v) is 4.42. The lowest BCUT2D eigenvalue weighted by molar-refractivity contribution is -0.138. The second-order valence-electron chi connectivity index (χ2n) is 7.76. The number of aromatic nitrogens is 1. The van der Waals surface area contributed by atoms with Gasteiger partial charge in [0.15, 0.2) is 0 Å². The molecule has 1 aromatic heterocycles. The first-order chi connectivity index (χ1) is 13.1. The molecule has 140 valence electrons. The molecule has 0 unspecified atom stereocenters. The van der Waals surface area contributed by atoms with E-state index in [-0.39, 0.29) is 11.8 Å². The van der Waals surface area contributed by atoms with Gasteiger partial charge < -0.3 is 9.80 Å². The number of hydrogen-bond acceptors (Lipinski definition) is 3. The summed E-state index contributed by atoms with van der Waals surface area (Å²) >= 11 is 0. The number of amides is 2. The molecule has 1 aromatic carbocycles. The van der Waals surface area contributed by atoms with Crippen LogP contribution in [0.15, 0.2) is 48.8 Å². The van der Waals surface area contributed by atoms with E-state index in [0.717, 1.165) is 49.0 Å². The Morgan fingerprint density at radius 2 is 1.89 bits per heavy atom. The number of piperidine rings is 1. The Morgan fingerprint density at radius 3 is 2.67 bits per heavy atom. The molecule has 2 aromatic rings. The van der Waals surface area contributed by atoms with Crippen LogP contribution in [-0.4, -0.2) is 46.2 Å². The summed E-state index contributed by atoms with van der Waals surface area (Å²) in [4.78, 5) is 34.1. The SMILES string of the molecule is Cc1ccccc1C(=O)N1CCC[C@]2(CCN(Cc3ccncc3)C2=O)C1. The smallest absolute Gasteiger partial charge is 0.254 e. The van der Waals surface area contributed by atoms with Crippen LogP contribution in [0.25, 0.3) is 0 Å². The number of hydrogen-bond donors (Lipinski definition) is 0. The predicted octanol–water partition coefficient (Wildman–Crippen LogP) is 3.04. The van der Waals surface area contributed by atoms with Gasteiger partial charge in [0.1, 0.15) is 0 Å². The van der Waals surface area contributed by atoms with Gasteiger partial charge in [-0.3, -0.25) is 14.6 Å². The fraction of sp³-hybridized carbons (Fsp3) is 0.409. The minimum atomic E-state index is -0.413. The molecule has 2 aliphatic rings. The third-order valence-corrected chi connectivity index (χ3v) is 5.96. The molecular formula is C22H25N3O2. The van der Waals surface area contributed by atoms with Crippen LogP contribution >= 0.6 is 0 Å². The van der Waals surface area contributed by atoms with E-state index in [4.69, 9.17) is 0 Å². The van der Waals surface area contributed by atoms with E-state index in [1.165, 1.54) is 0 Å². The van der Waals surface area contributed by atoms with E-state index in [1.54, 1.807) is 12.4 Å². The third kappa shape index (κ3) is 3.34. The molecule has 1 atom stereocenters. The van der Waals surface area contributed by atoms with Crippen molar-refractivity contribution in [3.05, 3.63) is 65.5 Å². The van der Waals surface area contributed by atoms with Crippen LogP contribution in [0.5, 0.6) is 0 Å². The van der Waals surface area contributed by atoms with Crippen molar-refractivity contribution in [3.63, 3.8) is 0 Å². The summed E-state index contributed by atoms with van der Waals surface area (Å²) in [5.41, 5.74) is 2.41. The van der Waals surface area contributed by atoms with Crippen LogP contribution in [0, 0.1) is 12.3 Å². The van der Waals surface area contributed by atoms with E-state index in [0.29, 0.717) is 13.1 Å². The van der Waals surface area contributed by atoms with Gasteiger partial charge in [-0.25, -0.2) is 0 Å². The normalized spacial score (nSPS) is 22.5. The van der Waals surface area contributed by atoms with Crippen molar-refractivity contribution < 1.29 is 9.59 Å². The summed E-state index contributed by atoms with van der Waals surface area (Å²) in [6, 6.07) is 11.6. The monoisotopic (exact) mass is 363 g/mol. The van der Waals surface area contributed by atoms with Gasteiger partial charge in [-0.1, -0.05) is 18.2 Å². The Balaban J connectivity index is 1.50. The number of pyridine rings is 1. The Hall–Kier alpha value is -2.69. The number of likely N-dealkylation sites (tertiary alicyclic amines) is 2. The summed E-state index contributed by atoms with van der Waals surface area (Å²) in [7, 11) is 0. The van der Waals surface area contributed by atoms with Crippen molar-refractivity contribution in [2.75, 3.05) is 19.6 Å². The molecule has 2 saturated heterocycles. The number of rotatable bonds is 3. The molecular weight excluding hydrogens is 338 g/mol. The summed E-state index contributed by atoms with van der Waals surface area (Å²) < 4.78 is 0. The van der Waals surface area contributed by atoms with E-state index < -0.39 is 5.41 Å². The maximum Gasteiger partial charge on any atom is 0.254 e. The molecule has 1 spiro atoms. The highest BCUT2D eigenvalue weighted by Crippen LogP contribution is 2.41. The number of carbonyl (C=O) groups excluding carboxylic acids is 2. The molecule has 2 fully saturated rings. The lowest BCUT2D eigenvalue weighted by atomic mass is 9.78.